The number of nitro groups is 1. The third-order valence-corrected chi connectivity index (χ3v) is 4.17. The van der Waals surface area contributed by atoms with Crippen LogP contribution in [-0.4, -0.2) is 27.7 Å². The summed E-state index contributed by atoms with van der Waals surface area (Å²) in [5.74, 6) is -0.0634. The Balaban J connectivity index is 2.26. The molecule has 1 heterocycles. The van der Waals surface area contributed by atoms with Gasteiger partial charge in [0.05, 0.1) is 34.5 Å². The van der Waals surface area contributed by atoms with E-state index in [1.54, 1.807) is 19.2 Å². The Bertz CT molecular complexity index is 759. The third-order valence-electron chi connectivity index (χ3n) is 3.39. The van der Waals surface area contributed by atoms with Crippen LogP contribution in [0.1, 0.15) is 18.7 Å². The molecular weight excluding hydrogens is 368 g/mol. The maximum absolute atomic E-state index is 12.4. The first kappa shape index (κ1) is 16.9. The van der Waals surface area contributed by atoms with Gasteiger partial charge < -0.3 is 10.1 Å². The van der Waals surface area contributed by atoms with Gasteiger partial charge >= 0.3 is 0 Å². The van der Waals surface area contributed by atoms with Gasteiger partial charge in [0, 0.05) is 0 Å². The Kier molecular flexibility index (Phi) is 4.99. The number of carbonyl (C=O) groups is 1. The fourth-order valence-corrected chi connectivity index (χ4v) is 2.31. The predicted molar refractivity (Wildman–Crippen MR) is 87.7 cm³/mol. The van der Waals surface area contributed by atoms with E-state index >= 15 is 0 Å². The molecule has 0 saturated carbocycles. The van der Waals surface area contributed by atoms with Crippen LogP contribution in [0.4, 0.5) is 11.4 Å². The van der Waals surface area contributed by atoms with E-state index in [9.17, 15) is 14.9 Å². The van der Waals surface area contributed by atoms with Gasteiger partial charge in [0.25, 0.3) is 5.69 Å². The Hall–Kier alpha value is -2.42. The monoisotopic (exact) mass is 382 g/mol. The molecule has 2 aromatic rings. The number of nitrogens with one attached hydrogen (secondary N) is 1. The average molecular weight is 383 g/mol. The number of aromatic nitrogens is 2. The van der Waals surface area contributed by atoms with Gasteiger partial charge in [0.15, 0.2) is 0 Å². The largest absolute Gasteiger partial charge is 0.496 e. The number of nitrogens with zero attached hydrogens (tertiary/aromatic N) is 3. The summed E-state index contributed by atoms with van der Waals surface area (Å²) in [4.78, 5) is 22.9. The second-order valence-corrected chi connectivity index (χ2v) is 5.68. The van der Waals surface area contributed by atoms with Crippen molar-refractivity contribution in [2.75, 3.05) is 12.4 Å². The normalized spacial score (nSPS) is 11.8. The number of anilines is 1. The first-order valence-corrected chi connectivity index (χ1v) is 7.47. The van der Waals surface area contributed by atoms with Gasteiger partial charge in [-0.05, 0) is 41.9 Å². The van der Waals surface area contributed by atoms with Crippen LogP contribution in [0.5, 0.6) is 5.75 Å². The van der Waals surface area contributed by atoms with Crippen LogP contribution in [0.25, 0.3) is 0 Å². The highest BCUT2D eigenvalue weighted by Gasteiger charge is 2.22. The number of benzene rings is 1. The van der Waals surface area contributed by atoms with Crippen LogP contribution < -0.4 is 10.1 Å². The first-order chi connectivity index (χ1) is 10.8. The lowest BCUT2D eigenvalue weighted by Crippen LogP contribution is -2.25. The van der Waals surface area contributed by atoms with Crippen molar-refractivity contribution in [2.45, 2.75) is 19.9 Å². The summed E-state index contributed by atoms with van der Waals surface area (Å²) in [5.41, 5.74) is 0.664. The number of hydrogen-bond acceptors (Lipinski definition) is 5. The third kappa shape index (κ3) is 3.50. The van der Waals surface area contributed by atoms with E-state index < -0.39 is 16.9 Å². The summed E-state index contributed by atoms with van der Waals surface area (Å²) in [5, 5.41) is 17.8. The van der Waals surface area contributed by atoms with Crippen LogP contribution in [0.2, 0.25) is 0 Å². The molecule has 0 aliphatic rings. The maximum atomic E-state index is 12.4. The van der Waals surface area contributed by atoms with E-state index in [1.807, 2.05) is 6.92 Å². The van der Waals surface area contributed by atoms with Crippen molar-refractivity contribution in [2.24, 2.45) is 0 Å². The minimum atomic E-state index is -0.622. The average Bonchev–Trinajstić information content (AvgIpc) is 2.86. The van der Waals surface area contributed by atoms with Crippen molar-refractivity contribution in [1.82, 2.24) is 9.78 Å². The maximum Gasteiger partial charge on any atom is 0.296 e. The summed E-state index contributed by atoms with van der Waals surface area (Å²) in [6.45, 7) is 3.48. The molecule has 9 heteroatoms. The Morgan fingerprint density at radius 1 is 1.52 bits per heavy atom. The molecule has 8 nitrogen and oxygen atoms in total. The smallest absolute Gasteiger partial charge is 0.296 e. The number of rotatable bonds is 5. The van der Waals surface area contributed by atoms with Gasteiger partial charge in [0.1, 0.15) is 17.5 Å². The number of ether oxygens (including phenoxy) is 1. The second kappa shape index (κ2) is 6.78. The molecule has 1 amide bonds. The van der Waals surface area contributed by atoms with E-state index in [2.05, 4.69) is 26.3 Å². The minimum absolute atomic E-state index is 0.108. The topological polar surface area (TPSA) is 99.3 Å². The lowest BCUT2D eigenvalue weighted by Gasteiger charge is -2.15. The zero-order valence-electron chi connectivity index (χ0n) is 12.7. The lowest BCUT2D eigenvalue weighted by atomic mass is 10.2. The molecule has 1 N–H and O–H groups in total. The molecule has 0 radical (unpaired) electrons. The molecule has 0 saturated heterocycles. The van der Waals surface area contributed by atoms with Gasteiger partial charge in [-0.15, -0.1) is 0 Å². The fraction of sp³-hybridized carbons (Fsp3) is 0.286. The van der Waals surface area contributed by atoms with Gasteiger partial charge in [-0.1, -0.05) is 0 Å². The van der Waals surface area contributed by atoms with E-state index in [0.29, 0.717) is 5.75 Å². The predicted octanol–water partition coefficient (Wildman–Crippen LogP) is 3.07. The van der Waals surface area contributed by atoms with E-state index in [1.165, 1.54) is 23.9 Å². The Morgan fingerprint density at radius 2 is 2.22 bits per heavy atom. The van der Waals surface area contributed by atoms with Gasteiger partial charge in [-0.3, -0.25) is 19.6 Å². The summed E-state index contributed by atoms with van der Waals surface area (Å²) in [6.07, 6.45) is 1.59. The molecule has 0 bridgehead atoms. The highest BCUT2D eigenvalue weighted by atomic mass is 79.9. The van der Waals surface area contributed by atoms with Crippen molar-refractivity contribution in [1.29, 1.82) is 0 Å². The molecule has 0 aliphatic heterocycles. The van der Waals surface area contributed by atoms with E-state index in [-0.39, 0.29) is 11.4 Å². The second-order valence-electron chi connectivity index (χ2n) is 4.83. The molecule has 23 heavy (non-hydrogen) atoms. The minimum Gasteiger partial charge on any atom is -0.496 e. The zero-order valence-corrected chi connectivity index (χ0v) is 14.3. The number of carbonyl (C=O) groups excluding carboxylic acids is 1. The van der Waals surface area contributed by atoms with Crippen LogP contribution >= 0.6 is 15.9 Å². The van der Waals surface area contributed by atoms with E-state index in [0.717, 1.165) is 10.2 Å². The number of nitro benzene ring substituents is 1. The first-order valence-electron chi connectivity index (χ1n) is 6.68. The summed E-state index contributed by atoms with van der Waals surface area (Å²) in [6, 6.07) is 3.62. The van der Waals surface area contributed by atoms with Crippen LogP contribution in [0.15, 0.2) is 28.9 Å². The van der Waals surface area contributed by atoms with Crippen molar-refractivity contribution >= 4 is 33.2 Å². The Morgan fingerprint density at radius 3 is 2.74 bits per heavy atom. The number of halogens is 1. The Labute approximate surface area is 140 Å². The van der Waals surface area contributed by atoms with Gasteiger partial charge in [-0.25, -0.2) is 0 Å². The highest BCUT2D eigenvalue weighted by molar-refractivity contribution is 9.10. The highest BCUT2D eigenvalue weighted by Crippen LogP contribution is 2.29. The summed E-state index contributed by atoms with van der Waals surface area (Å²) in [7, 11) is 1.41. The lowest BCUT2D eigenvalue weighted by molar-refractivity contribution is -0.384. The van der Waals surface area contributed by atoms with Crippen molar-refractivity contribution in [3.05, 3.63) is 44.7 Å². The fourth-order valence-electron chi connectivity index (χ4n) is 2.04. The van der Waals surface area contributed by atoms with E-state index in [4.69, 9.17) is 4.74 Å². The summed E-state index contributed by atoms with van der Waals surface area (Å²) < 4.78 is 7.29. The molecule has 122 valence electrons. The van der Waals surface area contributed by atoms with Crippen LogP contribution in [0, 0.1) is 17.0 Å². The molecule has 1 aromatic heterocycles. The van der Waals surface area contributed by atoms with Gasteiger partial charge in [0.2, 0.25) is 5.91 Å². The quantitative estimate of drug-likeness (QED) is 0.632. The number of amides is 1. The van der Waals surface area contributed by atoms with Crippen LogP contribution in [0.3, 0.4) is 0 Å². The molecule has 1 unspecified atom stereocenters. The number of methoxy groups -OCH3 is 1. The molecule has 1 atom stereocenters. The van der Waals surface area contributed by atoms with Gasteiger partial charge in [-0.2, -0.15) is 5.10 Å². The van der Waals surface area contributed by atoms with Crippen molar-refractivity contribution in [3.8, 4) is 5.75 Å². The van der Waals surface area contributed by atoms with Crippen molar-refractivity contribution < 1.29 is 14.5 Å². The van der Waals surface area contributed by atoms with Crippen LogP contribution in [-0.2, 0) is 4.79 Å². The summed E-state index contributed by atoms with van der Waals surface area (Å²) >= 11 is 3.33. The SMILES string of the molecule is COc1ccc(NC(=O)C(C)n2ncc(Br)c2C)c([N+](=O)[O-])c1. The molecule has 2 rings (SSSR count). The zero-order chi connectivity index (χ0) is 17.1. The molecule has 0 spiro atoms. The standard InChI is InChI=1S/C14H15BrN4O4/c1-8-11(15)7-16-18(8)9(2)14(20)17-12-5-4-10(23-3)6-13(12)19(21)22/h4-7,9H,1-3H3,(H,17,20). The molecular formula is C14H15BrN4O4. The molecule has 0 fully saturated rings. The van der Waals surface area contributed by atoms with Crippen molar-refractivity contribution in [3.63, 3.8) is 0 Å². The molecule has 1 aromatic carbocycles. The number of hydrogen-bond donors (Lipinski definition) is 1. The molecule has 0 aliphatic carbocycles.